The molecule has 0 radical (unpaired) electrons. The van der Waals surface area contributed by atoms with Crippen molar-refractivity contribution in [2.75, 3.05) is 0 Å². The Labute approximate surface area is 93.9 Å². The molecule has 1 saturated carbocycles. The number of nitrogens with two attached hydrogens (primary N) is 1. The van der Waals surface area contributed by atoms with Gasteiger partial charge in [-0.15, -0.1) is 0 Å². The van der Waals surface area contributed by atoms with Crippen LogP contribution in [0, 0.1) is 5.92 Å². The fourth-order valence-electron chi connectivity index (χ4n) is 2.21. The Balaban J connectivity index is 2.35. The second kappa shape index (κ2) is 3.70. The molecule has 0 saturated heterocycles. The maximum Gasteiger partial charge on any atom is 0.230 e. The summed E-state index contributed by atoms with van der Waals surface area (Å²) >= 11 is 0. The first-order chi connectivity index (χ1) is 7.63. The highest BCUT2D eigenvalue weighted by atomic mass is 16.2. The van der Waals surface area contributed by atoms with E-state index in [0.717, 1.165) is 0 Å². The molecule has 2 atom stereocenters. The number of Topliss-reactive ketones (excluding diaryl/α,β-unsaturated/α-hetero) is 1. The zero-order valence-corrected chi connectivity index (χ0v) is 9.14. The van der Waals surface area contributed by atoms with Gasteiger partial charge in [0.15, 0.2) is 0 Å². The number of primary amides is 1. The van der Waals surface area contributed by atoms with Crippen molar-refractivity contribution in [1.29, 1.82) is 0 Å². The third-order valence-corrected chi connectivity index (χ3v) is 3.26. The lowest BCUT2D eigenvalue weighted by Crippen LogP contribution is -2.32. The molecule has 0 aromatic carbocycles. The Kier molecular flexibility index (Phi) is 2.50. The average molecular weight is 218 g/mol. The molecule has 1 aliphatic carbocycles. The summed E-state index contributed by atoms with van der Waals surface area (Å²) in [6.07, 6.45) is 2.56. The Morgan fingerprint density at radius 2 is 2.31 bits per heavy atom. The number of pyridine rings is 1. The first-order valence-corrected chi connectivity index (χ1v) is 5.37. The molecule has 1 amide bonds. The fourth-order valence-corrected chi connectivity index (χ4v) is 2.21. The van der Waals surface area contributed by atoms with Gasteiger partial charge in [-0.3, -0.25) is 14.6 Å². The van der Waals surface area contributed by atoms with Crippen LogP contribution in [0.25, 0.3) is 0 Å². The van der Waals surface area contributed by atoms with Crippen LogP contribution in [-0.4, -0.2) is 16.7 Å². The maximum absolute atomic E-state index is 11.6. The van der Waals surface area contributed by atoms with Crippen molar-refractivity contribution in [2.24, 2.45) is 11.7 Å². The molecule has 0 aliphatic heterocycles. The number of nitrogens with zero attached hydrogens (tertiary/aromatic N) is 1. The van der Waals surface area contributed by atoms with E-state index in [1.54, 1.807) is 31.3 Å². The highest BCUT2D eigenvalue weighted by Crippen LogP contribution is 2.54. The smallest absolute Gasteiger partial charge is 0.230 e. The number of carbonyl (C=O) groups excluding carboxylic acids is 2. The zero-order valence-electron chi connectivity index (χ0n) is 9.14. The monoisotopic (exact) mass is 218 g/mol. The van der Waals surface area contributed by atoms with E-state index >= 15 is 0 Å². The van der Waals surface area contributed by atoms with E-state index in [2.05, 4.69) is 4.98 Å². The molecule has 16 heavy (non-hydrogen) atoms. The third kappa shape index (κ3) is 1.41. The number of hydrogen-bond donors (Lipinski definition) is 1. The standard InChI is InChI=1S/C12H14N2O2/c1-2-9(15)8-7-12(8,11(13)16)10-5-3-4-6-14-10/h3-6,8H,2,7H2,1H3,(H2,13,16). The Morgan fingerprint density at radius 1 is 1.56 bits per heavy atom. The lowest BCUT2D eigenvalue weighted by molar-refractivity contribution is -0.125. The second-order valence-electron chi connectivity index (χ2n) is 4.13. The number of aromatic nitrogens is 1. The molecule has 4 heteroatoms. The molecule has 84 valence electrons. The summed E-state index contributed by atoms with van der Waals surface area (Å²) in [7, 11) is 0. The summed E-state index contributed by atoms with van der Waals surface area (Å²) in [5, 5.41) is 0. The molecule has 2 N–H and O–H groups in total. The Hall–Kier alpha value is -1.71. The summed E-state index contributed by atoms with van der Waals surface area (Å²) in [5.41, 5.74) is 5.20. The van der Waals surface area contributed by atoms with Gasteiger partial charge in [-0.05, 0) is 18.6 Å². The molecule has 1 fully saturated rings. The van der Waals surface area contributed by atoms with E-state index in [4.69, 9.17) is 5.73 Å². The number of ketones is 1. The van der Waals surface area contributed by atoms with E-state index < -0.39 is 11.3 Å². The van der Waals surface area contributed by atoms with Crippen LogP contribution in [0.3, 0.4) is 0 Å². The van der Waals surface area contributed by atoms with Gasteiger partial charge in [0.2, 0.25) is 5.91 Å². The molecule has 1 heterocycles. The van der Waals surface area contributed by atoms with Crippen molar-refractivity contribution in [3.05, 3.63) is 30.1 Å². The predicted molar refractivity (Wildman–Crippen MR) is 58.5 cm³/mol. The van der Waals surface area contributed by atoms with Crippen LogP contribution in [0.4, 0.5) is 0 Å². The summed E-state index contributed by atoms with van der Waals surface area (Å²) < 4.78 is 0. The molecule has 1 aliphatic rings. The average Bonchev–Trinajstić information content (AvgIpc) is 3.06. The van der Waals surface area contributed by atoms with E-state index in [1.165, 1.54) is 0 Å². The highest BCUT2D eigenvalue weighted by molar-refractivity contribution is 6.00. The third-order valence-electron chi connectivity index (χ3n) is 3.26. The highest BCUT2D eigenvalue weighted by Gasteiger charge is 2.63. The number of amides is 1. The van der Waals surface area contributed by atoms with E-state index in [9.17, 15) is 9.59 Å². The van der Waals surface area contributed by atoms with Crippen molar-refractivity contribution < 1.29 is 9.59 Å². The van der Waals surface area contributed by atoms with Crippen LogP contribution in [0.1, 0.15) is 25.5 Å². The van der Waals surface area contributed by atoms with Crippen LogP contribution < -0.4 is 5.73 Å². The fraction of sp³-hybridized carbons (Fsp3) is 0.417. The minimum Gasteiger partial charge on any atom is -0.369 e. The van der Waals surface area contributed by atoms with E-state index in [-0.39, 0.29) is 11.7 Å². The van der Waals surface area contributed by atoms with Crippen LogP contribution >= 0.6 is 0 Å². The second-order valence-corrected chi connectivity index (χ2v) is 4.13. The Morgan fingerprint density at radius 3 is 2.81 bits per heavy atom. The van der Waals surface area contributed by atoms with Gasteiger partial charge in [-0.25, -0.2) is 0 Å². The molecule has 0 spiro atoms. The molecule has 1 aromatic heterocycles. The quantitative estimate of drug-likeness (QED) is 0.812. The summed E-state index contributed by atoms with van der Waals surface area (Å²) in [4.78, 5) is 27.3. The van der Waals surface area contributed by atoms with Crippen LogP contribution in [0.5, 0.6) is 0 Å². The van der Waals surface area contributed by atoms with Crippen molar-refractivity contribution in [3.8, 4) is 0 Å². The molecule has 0 bridgehead atoms. The van der Waals surface area contributed by atoms with Gasteiger partial charge in [0.05, 0.1) is 5.69 Å². The van der Waals surface area contributed by atoms with Gasteiger partial charge in [-0.2, -0.15) is 0 Å². The molecule has 1 aromatic rings. The summed E-state index contributed by atoms with van der Waals surface area (Å²) in [6.45, 7) is 1.80. The number of rotatable bonds is 4. The van der Waals surface area contributed by atoms with Gasteiger partial charge in [0.1, 0.15) is 11.2 Å². The minimum absolute atomic E-state index is 0.0875. The molecular formula is C12H14N2O2. The van der Waals surface area contributed by atoms with E-state index in [0.29, 0.717) is 18.5 Å². The maximum atomic E-state index is 11.6. The van der Waals surface area contributed by atoms with Crippen LogP contribution in [0.15, 0.2) is 24.4 Å². The number of carbonyl (C=O) groups is 2. The Bertz CT molecular complexity index is 430. The van der Waals surface area contributed by atoms with Gasteiger partial charge in [-0.1, -0.05) is 13.0 Å². The number of hydrogen-bond acceptors (Lipinski definition) is 3. The normalized spacial score (nSPS) is 27.4. The van der Waals surface area contributed by atoms with Gasteiger partial charge in [0.25, 0.3) is 0 Å². The summed E-state index contributed by atoms with van der Waals surface area (Å²) in [5.74, 6) is -0.632. The molecule has 2 rings (SSSR count). The predicted octanol–water partition coefficient (Wildman–Crippen LogP) is 0.804. The molecular weight excluding hydrogens is 204 g/mol. The lowest BCUT2D eigenvalue weighted by atomic mass is 9.95. The van der Waals surface area contributed by atoms with Crippen molar-refractivity contribution >= 4 is 11.7 Å². The lowest BCUT2D eigenvalue weighted by Gasteiger charge is -2.11. The molecule has 2 unspecified atom stereocenters. The van der Waals surface area contributed by atoms with Crippen LogP contribution in [0.2, 0.25) is 0 Å². The largest absolute Gasteiger partial charge is 0.369 e. The van der Waals surface area contributed by atoms with E-state index in [1.807, 2.05) is 0 Å². The van der Waals surface area contributed by atoms with Crippen molar-refractivity contribution in [2.45, 2.75) is 25.2 Å². The van der Waals surface area contributed by atoms with Gasteiger partial charge < -0.3 is 5.73 Å². The molecule has 4 nitrogen and oxygen atoms in total. The first-order valence-electron chi connectivity index (χ1n) is 5.37. The van der Waals surface area contributed by atoms with Gasteiger partial charge in [0, 0.05) is 18.5 Å². The van der Waals surface area contributed by atoms with Crippen molar-refractivity contribution in [1.82, 2.24) is 4.98 Å². The van der Waals surface area contributed by atoms with Crippen molar-refractivity contribution in [3.63, 3.8) is 0 Å². The minimum atomic E-state index is -0.839. The summed E-state index contributed by atoms with van der Waals surface area (Å²) in [6, 6.07) is 5.34. The first kappa shape index (κ1) is 10.8. The van der Waals surface area contributed by atoms with Gasteiger partial charge >= 0.3 is 0 Å². The topological polar surface area (TPSA) is 73.1 Å². The SMILES string of the molecule is CCC(=O)C1CC1(C(N)=O)c1ccccn1. The van der Waals surface area contributed by atoms with Crippen LogP contribution in [-0.2, 0) is 15.0 Å². The zero-order chi connectivity index (χ0) is 11.8.